The number of hydrogen-bond donors (Lipinski definition) is 1. The first-order chi connectivity index (χ1) is 14.8. The largest absolute Gasteiger partial charge is 0.573 e. The van der Waals surface area contributed by atoms with Gasteiger partial charge in [-0.2, -0.15) is 5.10 Å². The second-order valence-corrected chi connectivity index (χ2v) is 8.29. The summed E-state index contributed by atoms with van der Waals surface area (Å²) in [6, 6.07) is 8.77. The van der Waals surface area contributed by atoms with Crippen molar-refractivity contribution in [3.63, 3.8) is 0 Å². The van der Waals surface area contributed by atoms with E-state index in [9.17, 15) is 18.0 Å². The highest BCUT2D eigenvalue weighted by Crippen LogP contribution is 2.30. The highest BCUT2D eigenvalue weighted by Gasteiger charge is 2.31. The number of carbonyl (C=O) groups is 1. The topological polar surface area (TPSA) is 65.4 Å². The number of ether oxygens (including phenoxy) is 2. The highest BCUT2D eigenvalue weighted by molar-refractivity contribution is 14.1. The van der Waals surface area contributed by atoms with Gasteiger partial charge in [-0.1, -0.05) is 0 Å². The predicted molar refractivity (Wildman–Crippen MR) is 116 cm³/mol. The summed E-state index contributed by atoms with van der Waals surface area (Å²) in [5.41, 5.74) is 2.10. The lowest BCUT2D eigenvalue weighted by Gasteiger charge is -2.23. The number of benzene rings is 2. The van der Waals surface area contributed by atoms with Crippen LogP contribution in [-0.2, 0) is 11.3 Å². The van der Waals surface area contributed by atoms with E-state index in [1.165, 1.54) is 12.1 Å². The summed E-state index contributed by atoms with van der Waals surface area (Å²) in [4.78, 5) is 12.5. The number of hydrogen-bond acceptors (Lipinski definition) is 4. The fraction of sp³-hybridized carbons (Fsp3) is 0.333. The van der Waals surface area contributed by atoms with E-state index in [4.69, 9.17) is 4.74 Å². The smallest absolute Gasteiger partial charge is 0.406 e. The summed E-state index contributed by atoms with van der Waals surface area (Å²) in [5.74, 6) is -0.768. The molecule has 31 heavy (non-hydrogen) atoms. The van der Waals surface area contributed by atoms with Crippen molar-refractivity contribution in [3.05, 3.63) is 57.3 Å². The van der Waals surface area contributed by atoms with Gasteiger partial charge in [0.1, 0.15) is 5.75 Å². The lowest BCUT2D eigenvalue weighted by molar-refractivity contribution is -0.274. The van der Waals surface area contributed by atoms with Crippen LogP contribution in [0.4, 0.5) is 13.2 Å². The minimum absolute atomic E-state index is 0.0915. The molecule has 0 bridgehead atoms. The molecular formula is C21H19F3IN3O3. The Hall–Kier alpha value is -2.34. The molecule has 1 fully saturated rings. The molecule has 1 amide bonds. The van der Waals surface area contributed by atoms with Gasteiger partial charge in [-0.05, 0) is 83.8 Å². The highest BCUT2D eigenvalue weighted by atomic mass is 127. The molecule has 164 valence electrons. The van der Waals surface area contributed by atoms with E-state index < -0.39 is 12.3 Å². The monoisotopic (exact) mass is 545 g/mol. The Kier molecular flexibility index (Phi) is 6.37. The Morgan fingerprint density at radius 3 is 2.68 bits per heavy atom. The second kappa shape index (κ2) is 9.03. The minimum Gasteiger partial charge on any atom is -0.406 e. The number of nitrogens with one attached hydrogen (secondary N) is 1. The molecule has 1 saturated heterocycles. The lowest BCUT2D eigenvalue weighted by atomic mass is 10.1. The Morgan fingerprint density at radius 1 is 1.23 bits per heavy atom. The van der Waals surface area contributed by atoms with Crippen LogP contribution in [0.2, 0.25) is 0 Å². The number of carbonyl (C=O) groups excluding carboxylic acids is 1. The Labute approximate surface area is 189 Å². The van der Waals surface area contributed by atoms with Crippen molar-refractivity contribution in [2.75, 3.05) is 6.61 Å². The zero-order chi connectivity index (χ0) is 22.0. The molecule has 0 saturated carbocycles. The molecule has 0 aliphatic carbocycles. The van der Waals surface area contributed by atoms with Crippen molar-refractivity contribution in [3.8, 4) is 5.75 Å². The molecule has 1 N–H and O–H groups in total. The summed E-state index contributed by atoms with van der Waals surface area (Å²) in [6.45, 7) is 0.971. The summed E-state index contributed by atoms with van der Waals surface area (Å²) >= 11 is 2.21. The first kappa shape index (κ1) is 21.9. The van der Waals surface area contributed by atoms with Crippen LogP contribution in [-0.4, -0.2) is 28.7 Å². The van der Waals surface area contributed by atoms with Crippen LogP contribution in [0, 0.1) is 3.57 Å². The minimum atomic E-state index is -4.77. The molecule has 6 nitrogen and oxygen atoms in total. The Bertz CT molecular complexity index is 1080. The lowest BCUT2D eigenvalue weighted by Crippen LogP contribution is -2.23. The number of rotatable bonds is 5. The van der Waals surface area contributed by atoms with Crippen LogP contribution in [0.25, 0.3) is 10.9 Å². The second-order valence-electron chi connectivity index (χ2n) is 7.12. The number of halogens is 4. The fourth-order valence-corrected chi connectivity index (χ4v) is 4.22. The first-order valence-electron chi connectivity index (χ1n) is 9.72. The average molecular weight is 545 g/mol. The van der Waals surface area contributed by atoms with Crippen LogP contribution >= 0.6 is 22.6 Å². The number of aromatic nitrogens is 2. The van der Waals surface area contributed by atoms with Gasteiger partial charge in [-0.25, -0.2) is 4.68 Å². The van der Waals surface area contributed by atoms with Crippen LogP contribution in [0.5, 0.6) is 5.75 Å². The zero-order valence-electron chi connectivity index (χ0n) is 16.3. The summed E-state index contributed by atoms with van der Waals surface area (Å²) in [5, 5.41) is 8.27. The number of fused-ring (bicyclic) bond motifs is 1. The van der Waals surface area contributed by atoms with Crippen LogP contribution in [0.15, 0.2) is 42.6 Å². The quantitative estimate of drug-likeness (QED) is 0.450. The van der Waals surface area contributed by atoms with Gasteiger partial charge in [0.2, 0.25) is 0 Å². The van der Waals surface area contributed by atoms with Crippen molar-refractivity contribution in [1.29, 1.82) is 0 Å². The molecule has 2 heterocycles. The summed E-state index contributed by atoms with van der Waals surface area (Å²) in [7, 11) is 0. The SMILES string of the molecule is O=C(NCc1c(I)ccc2c1cnn2C1CCCCO1)c1ccc(OC(F)(F)F)cc1. The number of nitrogens with zero attached hydrogens (tertiary/aromatic N) is 2. The van der Waals surface area contributed by atoms with Crippen LogP contribution in [0.1, 0.15) is 41.4 Å². The van der Waals surface area contributed by atoms with E-state index >= 15 is 0 Å². The van der Waals surface area contributed by atoms with E-state index in [0.717, 1.165) is 51.4 Å². The summed E-state index contributed by atoms with van der Waals surface area (Å²) < 4.78 is 49.4. The zero-order valence-corrected chi connectivity index (χ0v) is 18.4. The average Bonchev–Trinajstić information content (AvgIpc) is 3.17. The molecule has 1 aromatic heterocycles. The number of amides is 1. The molecule has 4 rings (SSSR count). The van der Waals surface area contributed by atoms with Gasteiger partial charge in [-0.15, -0.1) is 13.2 Å². The van der Waals surface area contributed by atoms with E-state index in [0.29, 0.717) is 6.61 Å². The fourth-order valence-electron chi connectivity index (χ4n) is 3.56. The van der Waals surface area contributed by atoms with Crippen molar-refractivity contribution in [2.24, 2.45) is 0 Å². The molecule has 2 aromatic carbocycles. The van der Waals surface area contributed by atoms with Gasteiger partial charge in [0.15, 0.2) is 6.23 Å². The van der Waals surface area contributed by atoms with Gasteiger partial charge >= 0.3 is 6.36 Å². The third-order valence-electron chi connectivity index (χ3n) is 5.04. The maximum Gasteiger partial charge on any atom is 0.573 e. The van der Waals surface area contributed by atoms with Gasteiger partial charge in [0.25, 0.3) is 5.91 Å². The van der Waals surface area contributed by atoms with E-state index in [1.807, 2.05) is 16.8 Å². The molecule has 0 spiro atoms. The van der Waals surface area contributed by atoms with Crippen molar-refractivity contribution in [2.45, 2.75) is 38.4 Å². The normalized spacial score (nSPS) is 17.0. The van der Waals surface area contributed by atoms with Crippen LogP contribution < -0.4 is 10.1 Å². The Balaban J connectivity index is 1.49. The summed E-state index contributed by atoms with van der Waals surface area (Å²) in [6.07, 6.45) is -0.0403. The third-order valence-corrected chi connectivity index (χ3v) is 6.05. The molecular weight excluding hydrogens is 526 g/mol. The molecule has 3 aromatic rings. The maximum absolute atomic E-state index is 12.5. The van der Waals surface area contributed by atoms with Crippen molar-refractivity contribution < 1.29 is 27.4 Å². The van der Waals surface area contributed by atoms with Crippen molar-refractivity contribution in [1.82, 2.24) is 15.1 Å². The van der Waals surface area contributed by atoms with E-state index in [2.05, 4.69) is 37.7 Å². The first-order valence-corrected chi connectivity index (χ1v) is 10.8. The standard InChI is InChI=1S/C21H19F3IN3O3/c22-21(23,24)31-14-6-4-13(5-7-14)20(29)26-11-15-16-12-27-28(18(16)9-8-17(15)25)19-3-1-2-10-30-19/h4-9,12,19H,1-3,10-11H2,(H,26,29). The third kappa shape index (κ3) is 5.12. The van der Waals surface area contributed by atoms with Gasteiger partial charge in [0.05, 0.1) is 11.7 Å². The molecule has 1 atom stereocenters. The molecule has 1 aliphatic rings. The van der Waals surface area contributed by atoms with Crippen LogP contribution in [0.3, 0.4) is 0 Å². The van der Waals surface area contributed by atoms with Crippen molar-refractivity contribution >= 4 is 39.4 Å². The van der Waals surface area contributed by atoms with Gasteiger partial charge in [0, 0.05) is 27.7 Å². The van der Waals surface area contributed by atoms with Gasteiger partial charge < -0.3 is 14.8 Å². The molecule has 0 radical (unpaired) electrons. The maximum atomic E-state index is 12.5. The Morgan fingerprint density at radius 2 is 2.00 bits per heavy atom. The molecule has 1 aliphatic heterocycles. The number of alkyl halides is 3. The molecule has 1 unspecified atom stereocenters. The van der Waals surface area contributed by atoms with E-state index in [-0.39, 0.29) is 24.1 Å². The van der Waals surface area contributed by atoms with Gasteiger partial charge in [-0.3, -0.25) is 4.79 Å². The van der Waals surface area contributed by atoms with E-state index in [1.54, 1.807) is 6.20 Å². The predicted octanol–water partition coefficient (Wildman–Crippen LogP) is 5.17. The molecule has 10 heteroatoms.